The maximum atomic E-state index is 5.77. The van der Waals surface area contributed by atoms with E-state index in [9.17, 15) is 0 Å². The number of aromatic nitrogens is 2. The SMILES string of the molecule is CC(C)(C)c1ccc2c(c1)B1c3cc(C(C)(C)C)ccc3Sc3c1c(nc1c4c5c(nc31)Sc1ccc(C(C)(C)C)cc1B5c1cc(C(C)(C)C)ccc1S4)S2. The van der Waals surface area contributed by atoms with Gasteiger partial charge in [0.15, 0.2) is 0 Å². The number of fused-ring (bicyclic) bond motifs is 11. The summed E-state index contributed by atoms with van der Waals surface area (Å²) in [6, 6.07) is 28.9. The Morgan fingerprint density at radius 2 is 0.643 bits per heavy atom. The topological polar surface area (TPSA) is 25.8 Å². The van der Waals surface area contributed by atoms with Gasteiger partial charge in [0.25, 0.3) is 0 Å². The number of pyridine rings is 2. The molecule has 280 valence electrons. The van der Waals surface area contributed by atoms with Crippen molar-refractivity contribution in [2.24, 2.45) is 0 Å². The summed E-state index contributed by atoms with van der Waals surface area (Å²) in [6.45, 7) is 28.1. The Bertz CT molecular complexity index is 2470. The molecule has 0 saturated heterocycles. The molecule has 0 N–H and O–H groups in total. The summed E-state index contributed by atoms with van der Waals surface area (Å²) in [4.78, 5) is 19.4. The highest BCUT2D eigenvalue weighted by Crippen LogP contribution is 2.47. The Morgan fingerprint density at radius 3 is 0.911 bits per heavy atom. The van der Waals surface area contributed by atoms with Gasteiger partial charge in [-0.05, 0) is 79.1 Å². The number of nitrogens with zero attached hydrogens (tertiary/aromatic N) is 2. The van der Waals surface area contributed by atoms with Gasteiger partial charge in [-0.25, -0.2) is 9.97 Å². The van der Waals surface area contributed by atoms with Gasteiger partial charge in [0.1, 0.15) is 11.0 Å². The number of hydrogen-bond donors (Lipinski definition) is 0. The lowest BCUT2D eigenvalue weighted by atomic mass is 9.36. The van der Waals surface area contributed by atoms with Crippen LogP contribution in [0.15, 0.2) is 112 Å². The zero-order valence-corrected chi connectivity index (χ0v) is 37.9. The molecule has 0 bridgehead atoms. The lowest BCUT2D eigenvalue weighted by Gasteiger charge is -2.37. The van der Waals surface area contributed by atoms with Crippen molar-refractivity contribution in [3.05, 3.63) is 95.1 Å². The molecule has 4 aliphatic heterocycles. The van der Waals surface area contributed by atoms with E-state index in [4.69, 9.17) is 9.97 Å². The van der Waals surface area contributed by atoms with Gasteiger partial charge in [-0.1, -0.05) is 201 Å². The lowest BCUT2D eigenvalue weighted by molar-refractivity contribution is 0.590. The van der Waals surface area contributed by atoms with Crippen molar-refractivity contribution in [2.75, 3.05) is 0 Å². The maximum absolute atomic E-state index is 5.77. The molecule has 0 fully saturated rings. The van der Waals surface area contributed by atoms with E-state index in [2.05, 4.69) is 156 Å². The van der Waals surface area contributed by atoms with Gasteiger partial charge in [-0.3, -0.25) is 0 Å². The normalized spacial score (nSPS) is 15.5. The molecule has 4 aromatic carbocycles. The van der Waals surface area contributed by atoms with Crippen molar-refractivity contribution in [2.45, 2.75) is 144 Å². The fraction of sp³-hybridized carbons (Fsp3) is 0.333. The van der Waals surface area contributed by atoms with Gasteiger partial charge in [-0.2, -0.15) is 0 Å². The second-order valence-electron chi connectivity index (χ2n) is 20.3. The average Bonchev–Trinajstić information content (AvgIpc) is 3.12. The summed E-state index contributed by atoms with van der Waals surface area (Å²) in [5, 5.41) is 2.27. The van der Waals surface area contributed by atoms with Crippen LogP contribution in [0.2, 0.25) is 0 Å². The van der Waals surface area contributed by atoms with E-state index >= 15 is 0 Å². The summed E-state index contributed by atoms with van der Waals surface area (Å²) in [7, 11) is 0. The molecule has 0 saturated carbocycles. The van der Waals surface area contributed by atoms with Crippen LogP contribution in [0.5, 0.6) is 0 Å². The van der Waals surface area contributed by atoms with E-state index in [0.717, 1.165) is 21.1 Å². The molecule has 6 heterocycles. The summed E-state index contributed by atoms with van der Waals surface area (Å²) in [6.07, 6.45) is 0. The molecule has 56 heavy (non-hydrogen) atoms. The number of hydrogen-bond acceptors (Lipinski definition) is 6. The molecule has 0 amide bonds. The fourth-order valence-corrected chi connectivity index (χ4v) is 13.6. The van der Waals surface area contributed by atoms with E-state index in [1.165, 1.54) is 84.4 Å². The minimum absolute atomic E-state index is 0.0477. The molecular formula is C48H48B2N2S4. The number of benzene rings is 4. The van der Waals surface area contributed by atoms with Crippen molar-refractivity contribution in [1.82, 2.24) is 9.97 Å². The minimum atomic E-state index is 0.0477. The molecule has 2 nitrogen and oxygen atoms in total. The predicted octanol–water partition coefficient (Wildman–Crippen LogP) is 9.71. The summed E-state index contributed by atoms with van der Waals surface area (Å²) >= 11 is 7.56. The quantitative estimate of drug-likeness (QED) is 0.142. The zero-order valence-electron chi connectivity index (χ0n) is 34.6. The van der Waals surface area contributed by atoms with Crippen molar-refractivity contribution in [3.8, 4) is 0 Å². The molecule has 10 rings (SSSR count). The third-order valence-corrected chi connectivity index (χ3v) is 16.8. The molecule has 0 spiro atoms. The molecule has 0 radical (unpaired) electrons. The van der Waals surface area contributed by atoms with Crippen LogP contribution in [-0.4, -0.2) is 23.4 Å². The largest absolute Gasteiger partial charge is 0.249 e. The van der Waals surface area contributed by atoms with Crippen LogP contribution in [0.4, 0.5) is 0 Å². The molecular weight excluding hydrogens is 754 g/mol. The first-order chi connectivity index (χ1) is 26.3. The molecule has 4 aliphatic rings. The first-order valence-corrected chi connectivity index (χ1v) is 23.2. The monoisotopic (exact) mass is 802 g/mol. The van der Waals surface area contributed by atoms with Crippen LogP contribution in [0.3, 0.4) is 0 Å². The molecule has 2 aromatic heterocycles. The highest BCUT2D eigenvalue weighted by Gasteiger charge is 2.45. The summed E-state index contributed by atoms with van der Waals surface area (Å²) in [5.41, 5.74) is 16.1. The highest BCUT2D eigenvalue weighted by molar-refractivity contribution is 8.02. The standard InChI is InChI=1S/C48H48B2N2S4/c1-45(2,3)25-13-17-33-29(21-25)49-31-23-27(47(7,8)9)15-19-35(31)55-43-37(49)41(53-33)39-40(51-43)42-38-44(52-39)56-36-20-16-28(48(10,11)12)24-32(36)50(38)30-22-26(46(4,5)6)14-18-34(30)54-42/h13-24H,1-12H3. The Morgan fingerprint density at radius 1 is 0.375 bits per heavy atom. The maximum Gasteiger partial charge on any atom is 0.249 e. The molecule has 8 heteroatoms. The van der Waals surface area contributed by atoms with E-state index < -0.39 is 0 Å². The van der Waals surface area contributed by atoms with Gasteiger partial charge in [-0.15, -0.1) is 0 Å². The van der Waals surface area contributed by atoms with Crippen molar-refractivity contribution in [1.29, 1.82) is 0 Å². The van der Waals surface area contributed by atoms with Crippen LogP contribution >= 0.6 is 47.0 Å². The van der Waals surface area contributed by atoms with Crippen molar-refractivity contribution < 1.29 is 0 Å². The van der Waals surface area contributed by atoms with Crippen LogP contribution in [0.25, 0.3) is 11.0 Å². The van der Waals surface area contributed by atoms with E-state index in [-0.39, 0.29) is 35.1 Å². The van der Waals surface area contributed by atoms with Crippen molar-refractivity contribution >= 4 is 104 Å². The second-order valence-corrected chi connectivity index (χ2v) is 24.5. The Hall–Kier alpha value is -3.03. The Balaban J connectivity index is 1.26. The minimum Gasteiger partial charge on any atom is -0.239 e. The van der Waals surface area contributed by atoms with E-state index in [1.807, 2.05) is 47.0 Å². The third-order valence-electron chi connectivity index (χ3n) is 12.2. The predicted molar refractivity (Wildman–Crippen MR) is 246 cm³/mol. The second kappa shape index (κ2) is 12.3. The lowest BCUT2D eigenvalue weighted by Crippen LogP contribution is -2.59. The van der Waals surface area contributed by atoms with Crippen LogP contribution < -0.4 is 32.8 Å². The van der Waals surface area contributed by atoms with Crippen LogP contribution in [0, 0.1) is 0 Å². The average molecular weight is 803 g/mol. The first kappa shape index (κ1) is 37.3. The fourth-order valence-electron chi connectivity index (χ4n) is 8.79. The molecule has 0 atom stereocenters. The molecule has 6 aromatic rings. The van der Waals surface area contributed by atoms with Gasteiger partial charge in [0, 0.05) is 29.4 Å². The molecule has 0 aliphatic carbocycles. The molecule has 0 unspecified atom stereocenters. The zero-order chi connectivity index (χ0) is 39.4. The van der Waals surface area contributed by atoms with E-state index in [1.54, 1.807) is 0 Å². The smallest absolute Gasteiger partial charge is 0.239 e. The van der Waals surface area contributed by atoms with Gasteiger partial charge >= 0.3 is 0 Å². The van der Waals surface area contributed by atoms with Crippen LogP contribution in [0.1, 0.15) is 105 Å². The van der Waals surface area contributed by atoms with Gasteiger partial charge < -0.3 is 0 Å². The summed E-state index contributed by atoms with van der Waals surface area (Å²) < 4.78 is 0. The third kappa shape index (κ3) is 5.73. The number of rotatable bonds is 0. The summed E-state index contributed by atoms with van der Waals surface area (Å²) in [5.74, 6) is 0. The first-order valence-electron chi connectivity index (χ1n) is 20.0. The Kier molecular flexibility index (Phi) is 8.15. The Labute approximate surface area is 351 Å². The van der Waals surface area contributed by atoms with Crippen LogP contribution in [-0.2, 0) is 21.7 Å². The van der Waals surface area contributed by atoms with Crippen molar-refractivity contribution in [3.63, 3.8) is 0 Å². The van der Waals surface area contributed by atoms with Gasteiger partial charge in [0.05, 0.1) is 10.1 Å². The van der Waals surface area contributed by atoms with E-state index in [0.29, 0.717) is 0 Å². The highest BCUT2D eigenvalue weighted by atomic mass is 32.2. The van der Waals surface area contributed by atoms with Gasteiger partial charge in [0.2, 0.25) is 13.4 Å².